The first-order valence-electron chi connectivity index (χ1n) is 6.34. The van der Waals surface area contributed by atoms with E-state index in [4.69, 9.17) is 10.5 Å². The Labute approximate surface area is 108 Å². The van der Waals surface area contributed by atoms with Gasteiger partial charge in [-0.2, -0.15) is 9.97 Å². The number of nitrogens with two attached hydrogens (primary N) is 1. The molecule has 3 N–H and O–H groups in total. The number of nitrogen functional groups attached to an aromatic ring is 1. The summed E-state index contributed by atoms with van der Waals surface area (Å²) in [5.41, 5.74) is 5.60. The van der Waals surface area contributed by atoms with Crippen molar-refractivity contribution in [1.82, 2.24) is 14.9 Å². The maximum absolute atomic E-state index is 5.64. The van der Waals surface area contributed by atoms with E-state index in [-0.39, 0.29) is 5.95 Å². The molecule has 0 amide bonds. The average Bonchev–Trinajstić information content (AvgIpc) is 2.74. The molecule has 1 saturated heterocycles. The second-order valence-electron chi connectivity index (χ2n) is 4.61. The Balaban J connectivity index is 1.84. The van der Waals surface area contributed by atoms with E-state index in [9.17, 15) is 0 Å². The Kier molecular flexibility index (Phi) is 4.19. The molecule has 1 fully saturated rings. The molecule has 2 heterocycles. The van der Waals surface area contributed by atoms with E-state index in [2.05, 4.69) is 27.2 Å². The fraction of sp³-hybridized carbons (Fsp3) is 0.667. The van der Waals surface area contributed by atoms with Gasteiger partial charge >= 0.3 is 0 Å². The molecule has 2 rings (SSSR count). The molecule has 1 aromatic rings. The smallest absolute Gasteiger partial charge is 0.225 e. The van der Waals surface area contributed by atoms with E-state index < -0.39 is 0 Å². The third-order valence-corrected chi connectivity index (χ3v) is 3.35. The molecule has 18 heavy (non-hydrogen) atoms. The molecular weight excluding hydrogens is 230 g/mol. The largest absolute Gasteiger partial charge is 0.477 e. The van der Waals surface area contributed by atoms with Crippen LogP contribution in [0, 0.1) is 0 Å². The lowest BCUT2D eigenvalue weighted by Crippen LogP contribution is -2.26. The van der Waals surface area contributed by atoms with Gasteiger partial charge in [0.15, 0.2) is 0 Å². The van der Waals surface area contributed by atoms with Crippen LogP contribution < -0.4 is 15.8 Å². The summed E-state index contributed by atoms with van der Waals surface area (Å²) in [6, 6.07) is 2.39. The summed E-state index contributed by atoms with van der Waals surface area (Å²) in [5, 5.41) is 2.93. The molecule has 1 aliphatic rings. The maximum atomic E-state index is 5.64. The number of hydrogen-bond acceptors (Lipinski definition) is 6. The number of hydrogen-bond donors (Lipinski definition) is 2. The summed E-state index contributed by atoms with van der Waals surface area (Å²) in [5.74, 6) is 1.44. The lowest BCUT2D eigenvalue weighted by Gasteiger charge is -2.19. The van der Waals surface area contributed by atoms with Gasteiger partial charge in [0.1, 0.15) is 5.82 Å². The fourth-order valence-electron chi connectivity index (χ4n) is 2.29. The standard InChI is InChI=1S/C12H21N5O/c1-14-10-8-11(16-12(13)15-10)18-7-5-9-4-3-6-17(9)2/h8-9H,3-7H2,1-2H3,(H3,13,14,15,16). The van der Waals surface area contributed by atoms with Gasteiger partial charge in [0.25, 0.3) is 0 Å². The summed E-state index contributed by atoms with van der Waals surface area (Å²) >= 11 is 0. The van der Waals surface area contributed by atoms with Crippen molar-refractivity contribution in [3.8, 4) is 5.88 Å². The van der Waals surface area contributed by atoms with Gasteiger partial charge in [-0.25, -0.2) is 0 Å². The lowest BCUT2D eigenvalue weighted by atomic mass is 10.1. The Morgan fingerprint density at radius 2 is 2.39 bits per heavy atom. The van der Waals surface area contributed by atoms with Gasteiger partial charge in [-0.1, -0.05) is 0 Å². The Morgan fingerprint density at radius 1 is 1.56 bits per heavy atom. The monoisotopic (exact) mass is 251 g/mol. The van der Waals surface area contributed by atoms with Crippen LogP contribution in [0.15, 0.2) is 6.07 Å². The fourth-order valence-corrected chi connectivity index (χ4v) is 2.29. The zero-order valence-electron chi connectivity index (χ0n) is 11.0. The summed E-state index contributed by atoms with van der Waals surface area (Å²) in [6.07, 6.45) is 3.56. The molecular formula is C12H21N5O. The summed E-state index contributed by atoms with van der Waals surface area (Å²) in [4.78, 5) is 10.5. The second-order valence-corrected chi connectivity index (χ2v) is 4.61. The van der Waals surface area contributed by atoms with E-state index in [1.165, 1.54) is 19.4 Å². The van der Waals surface area contributed by atoms with Crippen molar-refractivity contribution in [2.75, 3.05) is 38.3 Å². The molecule has 0 spiro atoms. The van der Waals surface area contributed by atoms with Crippen molar-refractivity contribution >= 4 is 11.8 Å². The number of aromatic nitrogens is 2. The van der Waals surface area contributed by atoms with Gasteiger partial charge in [-0.15, -0.1) is 0 Å². The van der Waals surface area contributed by atoms with Crippen molar-refractivity contribution in [2.24, 2.45) is 0 Å². The number of nitrogens with zero attached hydrogens (tertiary/aromatic N) is 3. The minimum absolute atomic E-state index is 0.231. The molecule has 1 aliphatic heterocycles. The quantitative estimate of drug-likeness (QED) is 0.812. The van der Waals surface area contributed by atoms with Gasteiger partial charge in [-0.05, 0) is 32.9 Å². The first-order chi connectivity index (χ1) is 8.69. The molecule has 6 heteroatoms. The Morgan fingerprint density at radius 3 is 3.06 bits per heavy atom. The molecule has 0 aromatic carbocycles. The summed E-state index contributed by atoms with van der Waals surface area (Å²) in [7, 11) is 3.96. The highest BCUT2D eigenvalue weighted by atomic mass is 16.5. The van der Waals surface area contributed by atoms with Crippen molar-refractivity contribution in [3.05, 3.63) is 6.07 Å². The van der Waals surface area contributed by atoms with Crippen LogP contribution in [0.4, 0.5) is 11.8 Å². The molecule has 0 radical (unpaired) electrons. The average molecular weight is 251 g/mol. The van der Waals surface area contributed by atoms with Gasteiger partial charge in [-0.3, -0.25) is 0 Å². The van der Waals surface area contributed by atoms with Crippen LogP contribution in [-0.2, 0) is 0 Å². The second kappa shape index (κ2) is 5.86. The van der Waals surface area contributed by atoms with Crippen LogP contribution in [0.1, 0.15) is 19.3 Å². The first kappa shape index (κ1) is 12.9. The molecule has 1 unspecified atom stereocenters. The predicted molar refractivity (Wildman–Crippen MR) is 71.8 cm³/mol. The third-order valence-electron chi connectivity index (χ3n) is 3.35. The predicted octanol–water partition coefficient (Wildman–Crippen LogP) is 0.964. The number of likely N-dealkylation sites (tertiary alicyclic amines) is 1. The number of ether oxygens (including phenoxy) is 1. The van der Waals surface area contributed by atoms with Crippen molar-refractivity contribution < 1.29 is 4.74 Å². The van der Waals surface area contributed by atoms with E-state index in [1.54, 1.807) is 13.1 Å². The minimum atomic E-state index is 0.231. The normalized spacial score (nSPS) is 20.0. The highest BCUT2D eigenvalue weighted by Crippen LogP contribution is 2.19. The van der Waals surface area contributed by atoms with Crippen LogP contribution in [0.3, 0.4) is 0 Å². The Bertz CT molecular complexity index is 398. The highest BCUT2D eigenvalue weighted by molar-refractivity contribution is 5.41. The molecule has 0 aliphatic carbocycles. The first-order valence-corrected chi connectivity index (χ1v) is 6.34. The number of rotatable bonds is 5. The van der Waals surface area contributed by atoms with Gasteiger partial charge in [0.2, 0.25) is 11.8 Å². The van der Waals surface area contributed by atoms with Crippen LogP contribution in [0.5, 0.6) is 5.88 Å². The van der Waals surface area contributed by atoms with Gasteiger partial charge in [0, 0.05) is 19.2 Å². The van der Waals surface area contributed by atoms with Crippen molar-refractivity contribution in [1.29, 1.82) is 0 Å². The zero-order chi connectivity index (χ0) is 13.0. The van der Waals surface area contributed by atoms with Crippen molar-refractivity contribution in [2.45, 2.75) is 25.3 Å². The van der Waals surface area contributed by atoms with Crippen LogP contribution >= 0.6 is 0 Å². The minimum Gasteiger partial charge on any atom is -0.477 e. The molecule has 1 aromatic heterocycles. The number of nitrogens with one attached hydrogen (secondary N) is 1. The SMILES string of the molecule is CNc1cc(OCCC2CCCN2C)nc(N)n1. The zero-order valence-corrected chi connectivity index (χ0v) is 11.0. The number of anilines is 2. The van der Waals surface area contributed by atoms with Crippen LogP contribution in [0.25, 0.3) is 0 Å². The highest BCUT2D eigenvalue weighted by Gasteiger charge is 2.20. The lowest BCUT2D eigenvalue weighted by molar-refractivity contribution is 0.228. The summed E-state index contributed by atoms with van der Waals surface area (Å²) in [6.45, 7) is 1.85. The Hall–Kier alpha value is -1.56. The van der Waals surface area contributed by atoms with E-state index in [0.717, 1.165) is 6.42 Å². The molecule has 6 nitrogen and oxygen atoms in total. The maximum Gasteiger partial charge on any atom is 0.225 e. The molecule has 0 bridgehead atoms. The van der Waals surface area contributed by atoms with E-state index in [1.807, 2.05) is 0 Å². The molecule has 100 valence electrons. The third kappa shape index (κ3) is 3.22. The molecule has 1 atom stereocenters. The van der Waals surface area contributed by atoms with E-state index in [0.29, 0.717) is 24.3 Å². The van der Waals surface area contributed by atoms with Crippen LogP contribution in [-0.4, -0.2) is 48.2 Å². The molecule has 0 saturated carbocycles. The van der Waals surface area contributed by atoms with Gasteiger partial charge < -0.3 is 20.7 Å². The topological polar surface area (TPSA) is 76.3 Å². The van der Waals surface area contributed by atoms with Crippen molar-refractivity contribution in [3.63, 3.8) is 0 Å². The van der Waals surface area contributed by atoms with Crippen LogP contribution in [0.2, 0.25) is 0 Å². The van der Waals surface area contributed by atoms with E-state index >= 15 is 0 Å². The summed E-state index contributed by atoms with van der Waals surface area (Å²) < 4.78 is 5.64. The van der Waals surface area contributed by atoms with Gasteiger partial charge in [0.05, 0.1) is 6.61 Å².